The number of unbranched alkanes of at least 4 members (excludes halogenated alkanes) is 2. The number of hydrogen-bond acceptors (Lipinski definition) is 4. The number of carbonyl (C=O) groups is 1. The lowest BCUT2D eigenvalue weighted by Crippen LogP contribution is -2.43. The number of hydrogen-bond donors (Lipinski definition) is 1. The van der Waals surface area contributed by atoms with Crippen LogP contribution in [0.4, 0.5) is 0 Å². The minimum Gasteiger partial charge on any atom is -0.346 e. The van der Waals surface area contributed by atoms with Crippen LogP contribution in [0, 0.1) is 0 Å². The van der Waals surface area contributed by atoms with Gasteiger partial charge in [0.1, 0.15) is 4.88 Å². The molecule has 0 aliphatic rings. The molecule has 1 aromatic rings. The Morgan fingerprint density at radius 1 is 1.50 bits per heavy atom. The van der Waals surface area contributed by atoms with E-state index in [9.17, 15) is 4.79 Å². The topological polar surface area (TPSA) is 54.9 Å². The van der Waals surface area contributed by atoms with Crippen LogP contribution in [0.5, 0.6) is 0 Å². The Morgan fingerprint density at radius 3 is 2.81 bits per heavy atom. The van der Waals surface area contributed by atoms with Gasteiger partial charge in [-0.1, -0.05) is 30.7 Å². The Bertz CT molecular complexity index is 322. The zero-order valence-corrected chi connectivity index (χ0v) is 10.9. The van der Waals surface area contributed by atoms with Crippen molar-refractivity contribution in [1.29, 1.82) is 0 Å². The van der Waals surface area contributed by atoms with Gasteiger partial charge in [-0.05, 0) is 31.8 Å². The molecule has 0 unspecified atom stereocenters. The molecule has 0 saturated carbocycles. The summed E-state index contributed by atoms with van der Waals surface area (Å²) in [5.41, 5.74) is -0.157. The van der Waals surface area contributed by atoms with E-state index < -0.39 is 0 Å². The summed E-state index contributed by atoms with van der Waals surface area (Å²) < 4.78 is 3.68. The third-order valence-corrected chi connectivity index (χ3v) is 3.11. The molecule has 1 amide bonds. The lowest BCUT2D eigenvalue weighted by Gasteiger charge is -2.25. The molecule has 0 spiro atoms. The van der Waals surface area contributed by atoms with Crippen LogP contribution >= 0.6 is 11.5 Å². The number of rotatable bonds is 6. The maximum atomic E-state index is 11.8. The summed E-state index contributed by atoms with van der Waals surface area (Å²) >= 11 is 1.13. The lowest BCUT2D eigenvalue weighted by molar-refractivity contribution is 0.0912. The summed E-state index contributed by atoms with van der Waals surface area (Å²) in [7, 11) is 0. The van der Waals surface area contributed by atoms with E-state index in [4.69, 9.17) is 0 Å². The van der Waals surface area contributed by atoms with Crippen molar-refractivity contribution in [2.45, 2.75) is 52.0 Å². The van der Waals surface area contributed by atoms with Crippen LogP contribution in [0.3, 0.4) is 0 Å². The van der Waals surface area contributed by atoms with Crippen LogP contribution in [-0.4, -0.2) is 21.0 Å². The van der Waals surface area contributed by atoms with E-state index in [1.54, 1.807) is 0 Å². The Balaban J connectivity index is 2.42. The van der Waals surface area contributed by atoms with Crippen LogP contribution in [0.1, 0.15) is 56.1 Å². The molecule has 4 nitrogen and oxygen atoms in total. The van der Waals surface area contributed by atoms with Gasteiger partial charge in [-0.3, -0.25) is 4.79 Å². The summed E-state index contributed by atoms with van der Waals surface area (Å²) in [6.45, 7) is 6.28. The molecule has 0 radical (unpaired) electrons. The second-order valence-corrected chi connectivity index (χ2v) is 5.36. The van der Waals surface area contributed by atoms with Crippen molar-refractivity contribution in [1.82, 2.24) is 14.9 Å². The first-order chi connectivity index (χ1) is 7.55. The standard InChI is InChI=1S/C11H19N3OS/c1-4-5-6-7-11(2,3)13-10(15)9-8-12-14-16-9/h8H,4-7H2,1-3H3,(H,13,15). The fourth-order valence-electron chi connectivity index (χ4n) is 1.52. The molecule has 1 heterocycles. The SMILES string of the molecule is CCCCCC(C)(C)NC(=O)c1cnns1. The van der Waals surface area contributed by atoms with Gasteiger partial charge >= 0.3 is 0 Å². The van der Waals surface area contributed by atoms with Crippen molar-refractivity contribution in [3.8, 4) is 0 Å². The largest absolute Gasteiger partial charge is 0.346 e. The Labute approximate surface area is 101 Å². The molecule has 90 valence electrons. The molecule has 0 saturated heterocycles. The zero-order valence-electron chi connectivity index (χ0n) is 10.1. The van der Waals surface area contributed by atoms with Crippen molar-refractivity contribution < 1.29 is 4.79 Å². The van der Waals surface area contributed by atoms with Crippen LogP contribution in [0.25, 0.3) is 0 Å². The monoisotopic (exact) mass is 241 g/mol. The normalized spacial score (nSPS) is 11.4. The number of aromatic nitrogens is 2. The lowest BCUT2D eigenvalue weighted by atomic mass is 9.96. The number of nitrogens with zero attached hydrogens (tertiary/aromatic N) is 2. The zero-order chi connectivity index (χ0) is 12.0. The molecule has 0 aromatic carbocycles. The first-order valence-corrected chi connectivity index (χ1v) is 6.42. The molecular formula is C11H19N3OS. The van der Waals surface area contributed by atoms with Crippen molar-refractivity contribution in [2.24, 2.45) is 0 Å². The first-order valence-electron chi connectivity index (χ1n) is 5.65. The predicted molar refractivity (Wildman–Crippen MR) is 65.6 cm³/mol. The maximum Gasteiger partial charge on any atom is 0.265 e. The molecular weight excluding hydrogens is 222 g/mol. The minimum absolute atomic E-state index is 0.0727. The molecule has 5 heteroatoms. The van der Waals surface area contributed by atoms with Gasteiger partial charge in [0.05, 0.1) is 6.20 Å². The van der Waals surface area contributed by atoms with Gasteiger partial charge < -0.3 is 5.32 Å². The maximum absolute atomic E-state index is 11.8. The summed E-state index contributed by atoms with van der Waals surface area (Å²) in [4.78, 5) is 12.3. The van der Waals surface area contributed by atoms with Crippen molar-refractivity contribution in [3.05, 3.63) is 11.1 Å². The van der Waals surface area contributed by atoms with Gasteiger partial charge in [0.2, 0.25) is 0 Å². The Morgan fingerprint density at radius 2 is 2.25 bits per heavy atom. The second kappa shape index (κ2) is 5.94. The molecule has 16 heavy (non-hydrogen) atoms. The fourth-order valence-corrected chi connectivity index (χ4v) is 1.93. The van der Waals surface area contributed by atoms with Gasteiger partial charge in [-0.15, -0.1) is 5.10 Å². The summed E-state index contributed by atoms with van der Waals surface area (Å²) in [5, 5.41) is 6.67. The highest BCUT2D eigenvalue weighted by Crippen LogP contribution is 2.15. The number of nitrogens with one attached hydrogen (secondary N) is 1. The van der Waals surface area contributed by atoms with Crippen LogP contribution in [-0.2, 0) is 0 Å². The summed E-state index contributed by atoms with van der Waals surface area (Å²) in [6, 6.07) is 0. The van der Waals surface area contributed by atoms with Gasteiger partial charge in [0, 0.05) is 5.54 Å². The van der Waals surface area contributed by atoms with E-state index in [-0.39, 0.29) is 11.4 Å². The van der Waals surface area contributed by atoms with E-state index in [0.29, 0.717) is 4.88 Å². The summed E-state index contributed by atoms with van der Waals surface area (Å²) in [5.74, 6) is -0.0727. The molecule has 1 N–H and O–H groups in total. The van der Waals surface area contributed by atoms with Crippen molar-refractivity contribution >= 4 is 17.4 Å². The van der Waals surface area contributed by atoms with Gasteiger partial charge in [0.15, 0.2) is 0 Å². The highest BCUT2D eigenvalue weighted by molar-refractivity contribution is 7.07. The summed E-state index contributed by atoms with van der Waals surface area (Å²) in [6.07, 6.45) is 6.05. The third-order valence-electron chi connectivity index (χ3n) is 2.44. The fraction of sp³-hybridized carbons (Fsp3) is 0.727. The van der Waals surface area contributed by atoms with E-state index in [2.05, 4.69) is 35.7 Å². The minimum atomic E-state index is -0.157. The molecule has 1 aromatic heterocycles. The Hall–Kier alpha value is -0.970. The Kier molecular flexibility index (Phi) is 4.86. The molecule has 0 atom stereocenters. The number of amides is 1. The van der Waals surface area contributed by atoms with Gasteiger partial charge in [0.25, 0.3) is 5.91 Å². The highest BCUT2D eigenvalue weighted by Gasteiger charge is 2.21. The van der Waals surface area contributed by atoms with Gasteiger partial charge in [-0.2, -0.15) is 0 Å². The van der Waals surface area contributed by atoms with Crippen molar-refractivity contribution in [2.75, 3.05) is 0 Å². The van der Waals surface area contributed by atoms with E-state index in [1.807, 2.05) is 0 Å². The highest BCUT2D eigenvalue weighted by atomic mass is 32.1. The van der Waals surface area contributed by atoms with Crippen molar-refractivity contribution in [3.63, 3.8) is 0 Å². The third kappa shape index (κ3) is 4.26. The average molecular weight is 241 g/mol. The predicted octanol–water partition coefficient (Wildman–Crippen LogP) is 2.63. The molecule has 0 aliphatic heterocycles. The first kappa shape index (κ1) is 13.1. The molecule has 0 fully saturated rings. The average Bonchev–Trinajstić information content (AvgIpc) is 2.69. The quantitative estimate of drug-likeness (QED) is 0.779. The molecule has 1 rings (SSSR count). The van der Waals surface area contributed by atoms with Crippen LogP contribution in [0.2, 0.25) is 0 Å². The molecule has 0 aliphatic carbocycles. The number of carbonyl (C=O) groups excluding carboxylic acids is 1. The van der Waals surface area contributed by atoms with Crippen LogP contribution < -0.4 is 5.32 Å². The van der Waals surface area contributed by atoms with E-state index in [0.717, 1.165) is 24.4 Å². The van der Waals surface area contributed by atoms with Gasteiger partial charge in [-0.25, -0.2) is 0 Å². The second-order valence-electron chi connectivity index (χ2n) is 4.58. The van der Waals surface area contributed by atoms with Crippen LogP contribution in [0.15, 0.2) is 6.20 Å². The van der Waals surface area contributed by atoms with E-state index in [1.165, 1.54) is 19.0 Å². The smallest absolute Gasteiger partial charge is 0.265 e. The molecule has 0 bridgehead atoms. The van der Waals surface area contributed by atoms with E-state index >= 15 is 0 Å².